The van der Waals surface area contributed by atoms with E-state index in [4.69, 9.17) is 21.1 Å². The number of benzene rings is 1. The molecule has 0 aliphatic heterocycles. The number of ether oxygens (including phenoxy) is 2. The van der Waals surface area contributed by atoms with Gasteiger partial charge in [-0.3, -0.25) is 4.79 Å². The third-order valence-corrected chi connectivity index (χ3v) is 5.22. The summed E-state index contributed by atoms with van der Waals surface area (Å²) in [6.45, 7) is 0. The van der Waals surface area contributed by atoms with E-state index in [1.54, 1.807) is 18.2 Å². The average Bonchev–Trinajstić information content (AvgIpc) is 2.62. The van der Waals surface area contributed by atoms with Gasteiger partial charge in [0.1, 0.15) is 16.7 Å². The SMILES string of the molecule is COC(=O)C1(NC(=O)C(Cl)c2ccccc2OC)CCCCCCC1. The lowest BCUT2D eigenvalue weighted by atomic mass is 9.83. The van der Waals surface area contributed by atoms with Gasteiger partial charge in [-0.2, -0.15) is 0 Å². The molecular formula is C19H26ClNO4. The van der Waals surface area contributed by atoms with Crippen LogP contribution in [0.2, 0.25) is 0 Å². The molecule has 0 heterocycles. The third kappa shape index (κ3) is 4.66. The number of hydrogen-bond donors (Lipinski definition) is 1. The first kappa shape index (κ1) is 19.6. The van der Waals surface area contributed by atoms with Crippen LogP contribution >= 0.6 is 11.6 Å². The van der Waals surface area contributed by atoms with Crippen molar-refractivity contribution in [2.75, 3.05) is 14.2 Å². The molecule has 1 aromatic carbocycles. The number of alkyl halides is 1. The number of hydrogen-bond acceptors (Lipinski definition) is 4. The molecule has 2 rings (SSSR count). The topological polar surface area (TPSA) is 64.6 Å². The number of methoxy groups -OCH3 is 2. The largest absolute Gasteiger partial charge is 0.496 e. The molecule has 6 heteroatoms. The molecule has 1 aliphatic carbocycles. The summed E-state index contributed by atoms with van der Waals surface area (Å²) in [5, 5.41) is 1.96. The highest BCUT2D eigenvalue weighted by Gasteiger charge is 2.42. The Kier molecular flexibility index (Phi) is 7.12. The number of halogens is 1. The second-order valence-corrected chi connectivity index (χ2v) is 6.87. The zero-order valence-electron chi connectivity index (χ0n) is 14.8. The summed E-state index contributed by atoms with van der Waals surface area (Å²) in [6.07, 6.45) is 6.14. The average molecular weight is 368 g/mol. The van der Waals surface area contributed by atoms with Crippen LogP contribution in [0.4, 0.5) is 0 Å². The van der Waals surface area contributed by atoms with Gasteiger partial charge in [0.15, 0.2) is 0 Å². The normalized spacial score (nSPS) is 18.4. The van der Waals surface area contributed by atoms with Crippen LogP contribution in [0.25, 0.3) is 0 Å². The Hall–Kier alpha value is -1.75. The lowest BCUT2D eigenvalue weighted by Gasteiger charge is -2.34. The number of amides is 1. The van der Waals surface area contributed by atoms with Crippen molar-refractivity contribution in [1.82, 2.24) is 5.32 Å². The van der Waals surface area contributed by atoms with Crippen molar-refractivity contribution in [1.29, 1.82) is 0 Å². The molecular weight excluding hydrogens is 342 g/mol. The summed E-state index contributed by atoms with van der Waals surface area (Å²) >= 11 is 6.40. The summed E-state index contributed by atoms with van der Waals surface area (Å²) < 4.78 is 10.3. The van der Waals surface area contributed by atoms with Crippen molar-refractivity contribution in [3.63, 3.8) is 0 Å². The third-order valence-electron chi connectivity index (χ3n) is 4.79. The molecule has 1 amide bonds. The Labute approximate surface area is 154 Å². The van der Waals surface area contributed by atoms with Gasteiger partial charge in [0.2, 0.25) is 5.91 Å². The van der Waals surface area contributed by atoms with Gasteiger partial charge in [0.25, 0.3) is 0 Å². The Bertz CT molecular complexity index is 597. The number of carbonyl (C=O) groups excluding carboxylic acids is 2. The highest BCUT2D eigenvalue weighted by molar-refractivity contribution is 6.31. The number of esters is 1. The molecule has 1 atom stereocenters. The summed E-state index contributed by atoms with van der Waals surface area (Å²) in [5.41, 5.74) is -0.420. The molecule has 1 unspecified atom stereocenters. The van der Waals surface area contributed by atoms with E-state index in [0.717, 1.165) is 32.1 Å². The molecule has 138 valence electrons. The van der Waals surface area contributed by atoms with Gasteiger partial charge in [0, 0.05) is 5.56 Å². The molecule has 25 heavy (non-hydrogen) atoms. The summed E-state index contributed by atoms with van der Waals surface area (Å²) in [6, 6.07) is 7.11. The van der Waals surface area contributed by atoms with Crippen molar-refractivity contribution in [3.8, 4) is 5.75 Å². The maximum atomic E-state index is 12.8. The van der Waals surface area contributed by atoms with E-state index in [1.165, 1.54) is 14.2 Å². The molecule has 0 saturated heterocycles. The van der Waals surface area contributed by atoms with Gasteiger partial charge in [-0.1, -0.05) is 50.3 Å². The van der Waals surface area contributed by atoms with E-state index in [0.29, 0.717) is 24.2 Å². The van der Waals surface area contributed by atoms with E-state index in [2.05, 4.69) is 5.32 Å². The number of rotatable bonds is 5. The maximum Gasteiger partial charge on any atom is 0.331 e. The minimum Gasteiger partial charge on any atom is -0.496 e. The van der Waals surface area contributed by atoms with E-state index in [-0.39, 0.29) is 0 Å². The van der Waals surface area contributed by atoms with Crippen LogP contribution in [0, 0.1) is 0 Å². The van der Waals surface area contributed by atoms with Gasteiger partial charge in [0.05, 0.1) is 14.2 Å². The molecule has 0 spiro atoms. The molecule has 1 N–H and O–H groups in total. The van der Waals surface area contributed by atoms with Crippen molar-refractivity contribution < 1.29 is 19.1 Å². The zero-order chi connectivity index (χ0) is 18.3. The van der Waals surface area contributed by atoms with Crippen molar-refractivity contribution >= 4 is 23.5 Å². The Morgan fingerprint density at radius 2 is 1.68 bits per heavy atom. The summed E-state index contributed by atoms with van der Waals surface area (Å²) in [7, 11) is 2.89. The highest BCUT2D eigenvalue weighted by atomic mass is 35.5. The molecule has 0 radical (unpaired) electrons. The number of carbonyl (C=O) groups is 2. The van der Waals surface area contributed by atoms with Gasteiger partial charge < -0.3 is 14.8 Å². The predicted molar refractivity (Wildman–Crippen MR) is 96.8 cm³/mol. The Morgan fingerprint density at radius 3 is 2.28 bits per heavy atom. The fraction of sp³-hybridized carbons (Fsp3) is 0.579. The van der Waals surface area contributed by atoms with Gasteiger partial charge in [-0.15, -0.1) is 11.6 Å². The van der Waals surface area contributed by atoms with Crippen LogP contribution < -0.4 is 10.1 Å². The lowest BCUT2D eigenvalue weighted by Crippen LogP contribution is -2.56. The van der Waals surface area contributed by atoms with Gasteiger partial charge in [-0.25, -0.2) is 4.79 Å². The molecule has 1 fully saturated rings. The second-order valence-electron chi connectivity index (χ2n) is 6.44. The maximum absolute atomic E-state index is 12.8. The van der Waals surface area contributed by atoms with Crippen molar-refractivity contribution in [3.05, 3.63) is 29.8 Å². The van der Waals surface area contributed by atoms with Crippen LogP contribution in [-0.4, -0.2) is 31.6 Å². The number of para-hydroxylation sites is 1. The quantitative estimate of drug-likeness (QED) is 0.636. The van der Waals surface area contributed by atoms with Crippen LogP contribution in [-0.2, 0) is 14.3 Å². The molecule has 0 bridgehead atoms. The smallest absolute Gasteiger partial charge is 0.331 e. The van der Waals surface area contributed by atoms with Crippen molar-refractivity contribution in [2.24, 2.45) is 0 Å². The first-order valence-electron chi connectivity index (χ1n) is 8.71. The summed E-state index contributed by atoms with van der Waals surface area (Å²) in [4.78, 5) is 25.3. The van der Waals surface area contributed by atoms with Crippen LogP contribution in [0.3, 0.4) is 0 Å². The first-order valence-corrected chi connectivity index (χ1v) is 9.15. The minimum absolute atomic E-state index is 0.397. The Balaban J connectivity index is 2.22. The molecule has 1 aromatic rings. The van der Waals surface area contributed by atoms with Crippen LogP contribution in [0.15, 0.2) is 24.3 Å². The van der Waals surface area contributed by atoms with Crippen LogP contribution in [0.1, 0.15) is 55.9 Å². The second kappa shape index (κ2) is 9.09. The minimum atomic E-state index is -0.999. The van der Waals surface area contributed by atoms with E-state index >= 15 is 0 Å². The lowest BCUT2D eigenvalue weighted by molar-refractivity contribution is -0.152. The van der Waals surface area contributed by atoms with Crippen molar-refractivity contribution in [2.45, 2.75) is 55.9 Å². The first-order chi connectivity index (χ1) is 12.0. The number of nitrogens with one attached hydrogen (secondary N) is 1. The molecule has 0 aromatic heterocycles. The van der Waals surface area contributed by atoms with Gasteiger partial charge >= 0.3 is 5.97 Å². The Morgan fingerprint density at radius 1 is 1.08 bits per heavy atom. The fourth-order valence-electron chi connectivity index (χ4n) is 3.40. The highest BCUT2D eigenvalue weighted by Crippen LogP contribution is 2.32. The zero-order valence-corrected chi connectivity index (χ0v) is 15.6. The van der Waals surface area contributed by atoms with E-state index in [9.17, 15) is 9.59 Å². The predicted octanol–water partition coefficient (Wildman–Crippen LogP) is 3.75. The molecule has 1 saturated carbocycles. The summed E-state index contributed by atoms with van der Waals surface area (Å²) in [5.74, 6) is -0.258. The molecule has 5 nitrogen and oxygen atoms in total. The molecule has 1 aliphatic rings. The standard InChI is InChI=1S/C19H26ClNO4/c1-24-15-11-7-6-10-14(15)16(20)17(22)21-19(18(23)25-2)12-8-4-3-5-9-13-19/h6-7,10-11,16H,3-5,8-9,12-13H2,1-2H3,(H,21,22). The van der Waals surface area contributed by atoms with Gasteiger partial charge in [-0.05, 0) is 18.9 Å². The van der Waals surface area contributed by atoms with Crippen LogP contribution in [0.5, 0.6) is 5.75 Å². The fourth-order valence-corrected chi connectivity index (χ4v) is 3.64. The monoisotopic (exact) mass is 367 g/mol. The van der Waals surface area contributed by atoms with E-state index in [1.807, 2.05) is 6.07 Å². The van der Waals surface area contributed by atoms with E-state index < -0.39 is 22.8 Å².